The molecule has 3 aromatic rings. The quantitative estimate of drug-likeness (QED) is 0.375. The minimum absolute atomic E-state index is 0.0204. The van der Waals surface area contributed by atoms with Gasteiger partial charge in [0.15, 0.2) is 22.6 Å². The summed E-state index contributed by atoms with van der Waals surface area (Å²) in [5.74, 6) is 2.75. The Kier molecular flexibility index (Phi) is 6.26. The third-order valence-electron chi connectivity index (χ3n) is 6.28. The Bertz CT molecular complexity index is 1180. The monoisotopic (exact) mass is 582 g/mol. The van der Waals surface area contributed by atoms with E-state index in [4.69, 9.17) is 9.26 Å². The largest absolute Gasteiger partial charge is 0.495 e. The van der Waals surface area contributed by atoms with E-state index >= 15 is 0 Å². The molecule has 1 aromatic heterocycles. The van der Waals surface area contributed by atoms with Crippen LogP contribution in [0.25, 0.3) is 11.3 Å². The van der Waals surface area contributed by atoms with Crippen LogP contribution in [0.3, 0.4) is 0 Å². The van der Waals surface area contributed by atoms with Crippen molar-refractivity contribution < 1.29 is 18.6 Å². The molecule has 168 valence electrons. The van der Waals surface area contributed by atoms with E-state index in [1.165, 1.54) is 5.56 Å². The van der Waals surface area contributed by atoms with Crippen molar-refractivity contribution in [2.45, 2.75) is 36.2 Å². The van der Waals surface area contributed by atoms with Gasteiger partial charge in [0.25, 0.3) is 0 Å². The van der Waals surface area contributed by atoms with Crippen LogP contribution in [0, 0.1) is 0 Å². The van der Waals surface area contributed by atoms with Gasteiger partial charge < -0.3 is 14.4 Å². The van der Waals surface area contributed by atoms with E-state index in [-0.39, 0.29) is 12.0 Å². The van der Waals surface area contributed by atoms with Crippen LogP contribution in [0.15, 0.2) is 51.9 Å². The smallest absolute Gasteiger partial charge is 0.187 e. The van der Waals surface area contributed by atoms with E-state index in [9.17, 15) is 9.32 Å². The molecule has 1 spiro atoms. The number of rotatable bonds is 8. The third kappa shape index (κ3) is 3.76. The molecule has 32 heavy (non-hydrogen) atoms. The highest BCUT2D eigenvalue weighted by Gasteiger charge is 2.51. The van der Waals surface area contributed by atoms with Crippen molar-refractivity contribution in [2.24, 2.45) is 0 Å². The maximum atomic E-state index is 13.8. The van der Waals surface area contributed by atoms with E-state index in [1.54, 1.807) is 16.0 Å². The van der Waals surface area contributed by atoms with Crippen LogP contribution in [0.5, 0.6) is 5.75 Å². The van der Waals surface area contributed by atoms with Crippen molar-refractivity contribution in [3.8, 4) is 17.1 Å². The van der Waals surface area contributed by atoms with Crippen molar-refractivity contribution in [1.82, 2.24) is 5.16 Å². The number of fused-ring (bicyclic) bond motifs is 4. The van der Waals surface area contributed by atoms with Gasteiger partial charge in [-0.1, -0.05) is 38.4 Å². The molecule has 1 atom stereocenters. The van der Waals surface area contributed by atoms with Crippen LogP contribution in [0.2, 0.25) is 0 Å². The van der Waals surface area contributed by atoms with Crippen LogP contribution in [-0.4, -0.2) is 33.9 Å². The van der Waals surface area contributed by atoms with Gasteiger partial charge >= 0.3 is 0 Å². The number of benzene rings is 2. The molecule has 2 aromatic carbocycles. The second-order valence-corrected chi connectivity index (χ2v) is 12.0. The lowest BCUT2D eigenvalue weighted by Gasteiger charge is -2.27. The zero-order chi connectivity index (χ0) is 22.3. The van der Waals surface area contributed by atoms with Crippen molar-refractivity contribution in [3.63, 3.8) is 0 Å². The minimum atomic E-state index is -1.50. The second kappa shape index (κ2) is 9.00. The Morgan fingerprint density at radius 2 is 2.12 bits per heavy atom. The summed E-state index contributed by atoms with van der Waals surface area (Å²) in [7, 11) is 1.76. The van der Waals surface area contributed by atoms with Gasteiger partial charge in [-0.05, 0) is 69.8 Å². The number of aliphatic hydroxyl groups is 1. The number of anilines is 1. The van der Waals surface area contributed by atoms with Crippen LogP contribution >= 0.6 is 30.1 Å². The molecule has 6 nitrogen and oxygen atoms in total. The summed E-state index contributed by atoms with van der Waals surface area (Å²) in [6.07, 6.45) is 3.05. The first-order chi connectivity index (χ1) is 15.6. The standard InChI is InChI=1S/C23H23IN2O4S2/c1-29-19-4-2-3-5-20(19)32(28)26(10-11-31-24)22-17-13-23(8-9-23)18-7-6-15(14-27)12-16(18)21(17)30-25-22/h2-7,12,27H,8-11,13-14H2,1H3. The van der Waals surface area contributed by atoms with Gasteiger partial charge in [0, 0.05) is 28.8 Å². The third-order valence-corrected chi connectivity index (χ3v) is 9.41. The maximum Gasteiger partial charge on any atom is 0.187 e. The number of nitrogens with zero attached hydrogens (tertiary/aromatic N) is 2. The molecule has 1 fully saturated rings. The van der Waals surface area contributed by atoms with Gasteiger partial charge in [-0.15, -0.1) is 0 Å². The van der Waals surface area contributed by atoms with E-state index < -0.39 is 11.0 Å². The van der Waals surface area contributed by atoms with E-state index in [1.807, 2.05) is 40.7 Å². The zero-order valence-electron chi connectivity index (χ0n) is 17.5. The second-order valence-electron chi connectivity index (χ2n) is 8.12. The molecule has 2 aliphatic rings. The van der Waals surface area contributed by atoms with E-state index in [0.717, 1.165) is 47.5 Å². The van der Waals surface area contributed by atoms with Gasteiger partial charge in [-0.25, -0.2) is 4.21 Å². The average molecular weight is 582 g/mol. The van der Waals surface area contributed by atoms with Crippen LogP contribution in [-0.2, 0) is 29.4 Å². The van der Waals surface area contributed by atoms with Crippen molar-refractivity contribution in [3.05, 3.63) is 59.2 Å². The van der Waals surface area contributed by atoms with E-state index in [2.05, 4.69) is 32.4 Å². The number of aromatic nitrogens is 1. The Morgan fingerprint density at radius 3 is 2.84 bits per heavy atom. The number of methoxy groups -OCH3 is 1. The molecule has 0 radical (unpaired) electrons. The van der Waals surface area contributed by atoms with Gasteiger partial charge in [0.2, 0.25) is 0 Å². The zero-order valence-corrected chi connectivity index (χ0v) is 21.3. The lowest BCUT2D eigenvalue weighted by atomic mass is 9.79. The number of aliphatic hydroxyl groups excluding tert-OH is 1. The van der Waals surface area contributed by atoms with Crippen LogP contribution < -0.4 is 9.04 Å². The summed E-state index contributed by atoms with van der Waals surface area (Å²) in [6, 6.07) is 13.5. The Hall–Kier alpha value is -1.56. The molecular weight excluding hydrogens is 559 g/mol. The molecule has 1 N–H and O–H groups in total. The lowest BCUT2D eigenvalue weighted by Crippen LogP contribution is -2.30. The van der Waals surface area contributed by atoms with Gasteiger partial charge in [0.1, 0.15) is 10.6 Å². The molecule has 9 heteroatoms. The fourth-order valence-electron chi connectivity index (χ4n) is 4.50. The number of halogens is 1. The van der Waals surface area contributed by atoms with Crippen LogP contribution in [0.4, 0.5) is 5.82 Å². The number of para-hydroxylation sites is 1. The van der Waals surface area contributed by atoms with Gasteiger partial charge in [-0.3, -0.25) is 4.31 Å². The molecule has 0 bridgehead atoms. The highest BCUT2D eigenvalue weighted by molar-refractivity contribution is 14.2. The lowest BCUT2D eigenvalue weighted by molar-refractivity contribution is 0.282. The molecule has 0 aliphatic heterocycles. The SMILES string of the molecule is COc1ccccc1S(=O)N(CCSI)c1noc2c1CC1(CC1)c1ccc(CO)cc1-2. The molecule has 0 amide bonds. The predicted octanol–water partition coefficient (Wildman–Crippen LogP) is 5.04. The molecule has 2 aliphatic carbocycles. The Morgan fingerprint density at radius 1 is 1.31 bits per heavy atom. The average Bonchev–Trinajstić information content (AvgIpc) is 3.48. The van der Waals surface area contributed by atoms with Crippen LogP contribution in [0.1, 0.15) is 29.5 Å². The summed E-state index contributed by atoms with van der Waals surface area (Å²) in [4.78, 5) is 0.616. The van der Waals surface area contributed by atoms with Crippen molar-refractivity contribution >= 4 is 46.9 Å². The fraction of sp³-hybridized carbons (Fsp3) is 0.348. The topological polar surface area (TPSA) is 75.8 Å². The van der Waals surface area contributed by atoms with Gasteiger partial charge in [-0.2, -0.15) is 0 Å². The molecule has 1 heterocycles. The number of ether oxygens (including phenoxy) is 1. The van der Waals surface area contributed by atoms with Gasteiger partial charge in [0.05, 0.1) is 13.7 Å². The molecular formula is C23H23IN2O4S2. The molecule has 0 saturated heterocycles. The van der Waals surface area contributed by atoms with E-state index in [0.29, 0.717) is 23.0 Å². The number of hydrogen-bond acceptors (Lipinski definition) is 6. The minimum Gasteiger partial charge on any atom is -0.495 e. The fourth-order valence-corrected chi connectivity index (χ4v) is 6.78. The van der Waals surface area contributed by atoms with Crippen molar-refractivity contribution in [2.75, 3.05) is 23.7 Å². The first-order valence-electron chi connectivity index (χ1n) is 10.4. The summed E-state index contributed by atoms with van der Waals surface area (Å²) >= 11 is 2.26. The molecule has 1 unspecified atom stereocenters. The highest BCUT2D eigenvalue weighted by atomic mass is 127. The summed E-state index contributed by atoms with van der Waals surface area (Å²) < 4.78 is 27.0. The normalized spacial score (nSPS) is 16.3. The molecule has 1 saturated carbocycles. The first kappa shape index (κ1) is 22.2. The molecule has 5 rings (SSSR count). The summed E-state index contributed by atoms with van der Waals surface area (Å²) in [5, 5.41) is 14.1. The predicted molar refractivity (Wildman–Crippen MR) is 136 cm³/mol. The number of hydrogen-bond donors (Lipinski definition) is 1. The maximum absolute atomic E-state index is 13.8. The first-order valence-corrected chi connectivity index (χ1v) is 15.0. The Balaban J connectivity index is 1.61. The van der Waals surface area contributed by atoms with Crippen molar-refractivity contribution in [1.29, 1.82) is 0 Å². The Labute approximate surface area is 205 Å². The highest BCUT2D eigenvalue weighted by Crippen LogP contribution is 2.58. The summed E-state index contributed by atoms with van der Waals surface area (Å²) in [5.41, 5.74) is 4.21. The summed E-state index contributed by atoms with van der Waals surface area (Å²) in [6.45, 7) is 0.543.